The van der Waals surface area contributed by atoms with Crippen molar-refractivity contribution in [2.75, 3.05) is 24.5 Å². The molecule has 0 aliphatic carbocycles. The normalized spacial score (nSPS) is 16.3. The van der Waals surface area contributed by atoms with Crippen LogP contribution in [-0.4, -0.2) is 35.1 Å². The Hall–Kier alpha value is -2.67. The number of carbonyl (C=O) groups is 1. The monoisotopic (exact) mass is 454 g/mol. The zero-order valence-corrected chi connectivity index (χ0v) is 17.6. The van der Waals surface area contributed by atoms with E-state index in [4.69, 9.17) is 0 Å². The summed E-state index contributed by atoms with van der Waals surface area (Å²) in [5, 5.41) is 3.60. The Bertz CT molecular complexity index is 1080. The first-order valence-electron chi connectivity index (χ1n) is 9.81. The lowest BCUT2D eigenvalue weighted by Crippen LogP contribution is -2.32. The Morgan fingerprint density at radius 3 is 2.93 bits per heavy atom. The zero-order valence-electron chi connectivity index (χ0n) is 16.1. The number of nitrogens with zero attached hydrogens (tertiary/aromatic N) is 3. The number of rotatable bonds is 6. The van der Waals surface area contributed by atoms with Crippen LogP contribution in [0.2, 0.25) is 0 Å². The zero-order chi connectivity index (χ0) is 20.2. The second-order valence-electron chi connectivity index (χ2n) is 7.39. The molecule has 1 aromatic heterocycles. The minimum atomic E-state index is -0.108. The van der Waals surface area contributed by atoms with E-state index in [1.165, 1.54) is 16.6 Å². The van der Waals surface area contributed by atoms with Gasteiger partial charge in [0.1, 0.15) is 0 Å². The highest BCUT2D eigenvalue weighted by molar-refractivity contribution is 9.10. The molecule has 0 saturated carbocycles. The number of halogens is 1. The minimum Gasteiger partial charge on any atom is -0.371 e. The largest absolute Gasteiger partial charge is 0.371 e. The maximum atomic E-state index is 12.5. The van der Waals surface area contributed by atoms with Gasteiger partial charge in [-0.05, 0) is 42.7 Å². The number of benzene rings is 2. The van der Waals surface area contributed by atoms with Gasteiger partial charge in [0.15, 0.2) is 0 Å². The van der Waals surface area contributed by atoms with Crippen molar-refractivity contribution < 1.29 is 4.79 Å². The van der Waals surface area contributed by atoms with Crippen molar-refractivity contribution in [3.63, 3.8) is 0 Å². The van der Waals surface area contributed by atoms with Crippen LogP contribution in [0.3, 0.4) is 0 Å². The van der Waals surface area contributed by atoms with E-state index in [2.05, 4.69) is 43.3 Å². The molecule has 0 bridgehead atoms. The molecule has 1 atom stereocenters. The molecule has 150 valence electrons. The fourth-order valence-corrected chi connectivity index (χ4v) is 4.13. The van der Waals surface area contributed by atoms with Crippen molar-refractivity contribution in [2.45, 2.75) is 19.4 Å². The topological polar surface area (TPSA) is 67.2 Å². The van der Waals surface area contributed by atoms with Crippen molar-refractivity contribution in [2.24, 2.45) is 5.92 Å². The molecule has 0 radical (unpaired) electrons. The predicted molar refractivity (Wildman–Crippen MR) is 118 cm³/mol. The quantitative estimate of drug-likeness (QED) is 0.620. The van der Waals surface area contributed by atoms with E-state index >= 15 is 0 Å². The molecule has 2 heterocycles. The van der Waals surface area contributed by atoms with E-state index < -0.39 is 0 Å². The van der Waals surface area contributed by atoms with Crippen LogP contribution < -0.4 is 15.8 Å². The summed E-state index contributed by atoms with van der Waals surface area (Å²) in [6, 6.07) is 15.5. The van der Waals surface area contributed by atoms with Crippen molar-refractivity contribution in [3.8, 4) is 0 Å². The van der Waals surface area contributed by atoms with Crippen LogP contribution in [0.25, 0.3) is 10.9 Å². The van der Waals surface area contributed by atoms with Crippen LogP contribution in [0.15, 0.2) is 64.1 Å². The fraction of sp³-hybridized carbons (Fsp3) is 0.318. The number of aromatic nitrogens is 2. The third kappa shape index (κ3) is 4.67. The van der Waals surface area contributed by atoms with Crippen LogP contribution in [0.1, 0.15) is 12.8 Å². The summed E-state index contributed by atoms with van der Waals surface area (Å²) in [5.41, 5.74) is 1.77. The molecule has 1 unspecified atom stereocenters. The summed E-state index contributed by atoms with van der Waals surface area (Å²) < 4.78 is 2.58. The molecule has 29 heavy (non-hydrogen) atoms. The van der Waals surface area contributed by atoms with E-state index in [0.717, 1.165) is 24.0 Å². The van der Waals surface area contributed by atoms with Gasteiger partial charge in [-0.3, -0.25) is 14.2 Å². The highest BCUT2D eigenvalue weighted by atomic mass is 79.9. The molecule has 1 fully saturated rings. The SMILES string of the molecule is O=C(CCn1cnc2ccccc2c1=O)NCC1CCN(c2cccc(Br)c2)C1. The van der Waals surface area contributed by atoms with Gasteiger partial charge in [0.2, 0.25) is 5.91 Å². The second kappa shape index (κ2) is 8.78. The van der Waals surface area contributed by atoms with E-state index in [1.807, 2.05) is 30.3 Å². The van der Waals surface area contributed by atoms with Crippen LogP contribution in [0.5, 0.6) is 0 Å². The molecule has 1 aliphatic rings. The molecule has 4 rings (SSSR count). The highest BCUT2D eigenvalue weighted by Gasteiger charge is 2.23. The molecule has 1 amide bonds. The van der Waals surface area contributed by atoms with Crippen LogP contribution >= 0.6 is 15.9 Å². The van der Waals surface area contributed by atoms with Gasteiger partial charge in [-0.15, -0.1) is 0 Å². The van der Waals surface area contributed by atoms with Gasteiger partial charge in [-0.25, -0.2) is 4.98 Å². The maximum absolute atomic E-state index is 12.5. The van der Waals surface area contributed by atoms with Gasteiger partial charge in [-0.2, -0.15) is 0 Å². The lowest BCUT2D eigenvalue weighted by molar-refractivity contribution is -0.121. The third-order valence-corrected chi connectivity index (χ3v) is 5.85. The summed E-state index contributed by atoms with van der Waals surface area (Å²) >= 11 is 3.52. The first-order valence-corrected chi connectivity index (χ1v) is 10.6. The Labute approximate surface area is 177 Å². The maximum Gasteiger partial charge on any atom is 0.261 e. The van der Waals surface area contributed by atoms with Crippen molar-refractivity contribution in [1.82, 2.24) is 14.9 Å². The lowest BCUT2D eigenvalue weighted by atomic mass is 10.1. The van der Waals surface area contributed by atoms with Crippen molar-refractivity contribution in [3.05, 3.63) is 69.7 Å². The van der Waals surface area contributed by atoms with Gasteiger partial charge in [0.25, 0.3) is 5.56 Å². The van der Waals surface area contributed by atoms with Crippen LogP contribution in [0, 0.1) is 5.92 Å². The van der Waals surface area contributed by atoms with Gasteiger partial charge in [0, 0.05) is 42.8 Å². The number of amides is 1. The number of nitrogens with one attached hydrogen (secondary N) is 1. The van der Waals surface area contributed by atoms with E-state index in [0.29, 0.717) is 29.9 Å². The Balaban J connectivity index is 1.27. The minimum absolute atomic E-state index is 0.0361. The predicted octanol–water partition coefficient (Wildman–Crippen LogP) is 3.19. The molecular weight excluding hydrogens is 432 g/mol. The van der Waals surface area contributed by atoms with Gasteiger partial charge < -0.3 is 10.2 Å². The second-order valence-corrected chi connectivity index (χ2v) is 8.31. The standard InChI is InChI=1S/C22H23BrN4O2/c23-17-4-3-5-18(12-17)26-10-8-16(14-26)13-24-21(28)9-11-27-15-25-20-7-2-1-6-19(20)22(27)29/h1-7,12,15-16H,8-11,13-14H2,(H,24,28). The number of fused-ring (bicyclic) bond motifs is 1. The summed E-state index contributed by atoms with van der Waals surface area (Å²) in [4.78, 5) is 31.4. The lowest BCUT2D eigenvalue weighted by Gasteiger charge is -2.19. The summed E-state index contributed by atoms with van der Waals surface area (Å²) in [5.74, 6) is 0.397. The molecule has 3 aromatic rings. The summed E-state index contributed by atoms with van der Waals surface area (Å²) in [7, 11) is 0. The number of hydrogen-bond acceptors (Lipinski definition) is 4. The molecule has 1 saturated heterocycles. The molecule has 1 N–H and O–H groups in total. The Kier molecular flexibility index (Phi) is 5.94. The molecule has 0 spiro atoms. The number of para-hydroxylation sites is 1. The summed E-state index contributed by atoms with van der Waals surface area (Å²) in [6.07, 6.45) is 2.84. The van der Waals surface area contributed by atoms with Gasteiger partial charge in [-0.1, -0.05) is 34.1 Å². The molecular formula is C22H23BrN4O2. The summed E-state index contributed by atoms with van der Waals surface area (Å²) in [6.45, 7) is 2.92. The smallest absolute Gasteiger partial charge is 0.261 e. The Morgan fingerprint density at radius 1 is 1.21 bits per heavy atom. The molecule has 6 nitrogen and oxygen atoms in total. The highest BCUT2D eigenvalue weighted by Crippen LogP contribution is 2.25. The van der Waals surface area contributed by atoms with Gasteiger partial charge >= 0.3 is 0 Å². The molecule has 1 aliphatic heterocycles. The van der Waals surface area contributed by atoms with Crippen molar-refractivity contribution >= 4 is 38.4 Å². The molecule has 2 aromatic carbocycles. The first-order chi connectivity index (χ1) is 14.1. The number of anilines is 1. The third-order valence-electron chi connectivity index (χ3n) is 5.36. The average Bonchev–Trinajstić information content (AvgIpc) is 3.21. The fourth-order valence-electron chi connectivity index (χ4n) is 3.74. The van der Waals surface area contributed by atoms with E-state index in [-0.39, 0.29) is 17.9 Å². The number of hydrogen-bond donors (Lipinski definition) is 1. The molecule has 7 heteroatoms. The van der Waals surface area contributed by atoms with Crippen LogP contribution in [0.4, 0.5) is 5.69 Å². The van der Waals surface area contributed by atoms with Gasteiger partial charge in [0.05, 0.1) is 17.2 Å². The average molecular weight is 455 g/mol. The van der Waals surface area contributed by atoms with Crippen LogP contribution in [-0.2, 0) is 11.3 Å². The Morgan fingerprint density at radius 2 is 2.07 bits per heavy atom. The first kappa shape index (κ1) is 19.6. The van der Waals surface area contributed by atoms with E-state index in [1.54, 1.807) is 6.07 Å². The van der Waals surface area contributed by atoms with E-state index in [9.17, 15) is 9.59 Å². The van der Waals surface area contributed by atoms with Crippen molar-refractivity contribution in [1.29, 1.82) is 0 Å². The number of aryl methyl sites for hydroxylation is 1. The number of carbonyl (C=O) groups excluding carboxylic acids is 1.